The van der Waals surface area contributed by atoms with Crippen molar-refractivity contribution in [1.82, 2.24) is 4.31 Å². The second-order valence-corrected chi connectivity index (χ2v) is 7.28. The number of ether oxygens (including phenoxy) is 1. The molecule has 1 N–H and O–H groups in total. The van der Waals surface area contributed by atoms with Gasteiger partial charge in [-0.25, -0.2) is 4.39 Å². The monoisotopic (exact) mass is 325 g/mol. The SMILES string of the molecule is COc1cc(NS(=O)(=O)N2CC3CCC2C3)c(F)cc1C#N. The number of nitriles is 1. The van der Waals surface area contributed by atoms with Crippen molar-refractivity contribution in [1.29, 1.82) is 5.26 Å². The fourth-order valence-electron chi connectivity index (χ4n) is 3.26. The zero-order chi connectivity index (χ0) is 15.9. The Morgan fingerprint density at radius 2 is 2.23 bits per heavy atom. The van der Waals surface area contributed by atoms with E-state index in [1.165, 1.54) is 17.5 Å². The van der Waals surface area contributed by atoms with Crippen LogP contribution in [-0.4, -0.2) is 32.4 Å². The van der Waals surface area contributed by atoms with Gasteiger partial charge in [-0.2, -0.15) is 18.0 Å². The van der Waals surface area contributed by atoms with Crippen molar-refractivity contribution >= 4 is 15.9 Å². The van der Waals surface area contributed by atoms with E-state index in [1.54, 1.807) is 6.07 Å². The standard InChI is InChI=1S/C14H16FN3O3S/c1-21-14-6-13(12(15)5-10(14)7-16)17-22(19,20)18-8-9-2-3-11(18)4-9/h5-6,9,11,17H,2-4,8H2,1H3. The number of nitrogens with zero attached hydrogens (tertiary/aromatic N) is 2. The second-order valence-electron chi connectivity index (χ2n) is 5.65. The van der Waals surface area contributed by atoms with E-state index in [-0.39, 0.29) is 23.0 Å². The van der Waals surface area contributed by atoms with Crippen LogP contribution in [0.25, 0.3) is 0 Å². The Hall–Kier alpha value is -1.85. The van der Waals surface area contributed by atoms with E-state index in [2.05, 4.69) is 4.72 Å². The zero-order valence-corrected chi connectivity index (χ0v) is 12.9. The number of halogens is 1. The van der Waals surface area contributed by atoms with Crippen LogP contribution in [0.1, 0.15) is 24.8 Å². The van der Waals surface area contributed by atoms with Gasteiger partial charge in [0.2, 0.25) is 0 Å². The maximum absolute atomic E-state index is 14.0. The van der Waals surface area contributed by atoms with Crippen molar-refractivity contribution in [2.24, 2.45) is 5.92 Å². The number of piperidine rings is 1. The summed E-state index contributed by atoms with van der Waals surface area (Å²) in [5, 5.41) is 8.90. The number of hydrogen-bond acceptors (Lipinski definition) is 4. The van der Waals surface area contributed by atoms with Gasteiger partial charge in [0.25, 0.3) is 0 Å². The van der Waals surface area contributed by atoms with Gasteiger partial charge in [0, 0.05) is 18.7 Å². The first-order chi connectivity index (χ1) is 10.4. The number of benzene rings is 1. The first-order valence-corrected chi connectivity index (χ1v) is 8.46. The first kappa shape index (κ1) is 15.1. The molecule has 8 heteroatoms. The summed E-state index contributed by atoms with van der Waals surface area (Å²) in [7, 11) is -2.47. The van der Waals surface area contributed by atoms with Crippen LogP contribution < -0.4 is 9.46 Å². The molecule has 6 nitrogen and oxygen atoms in total. The van der Waals surface area contributed by atoms with Crippen molar-refractivity contribution in [2.45, 2.75) is 25.3 Å². The number of hydrogen-bond donors (Lipinski definition) is 1. The molecular formula is C14H16FN3O3S. The Morgan fingerprint density at radius 3 is 2.77 bits per heavy atom. The summed E-state index contributed by atoms with van der Waals surface area (Å²) in [6, 6.07) is 3.97. The van der Waals surface area contributed by atoms with Gasteiger partial charge in [0.1, 0.15) is 17.6 Å². The summed E-state index contributed by atoms with van der Waals surface area (Å²) in [6.45, 7) is 0.481. The Morgan fingerprint density at radius 1 is 1.45 bits per heavy atom. The van der Waals surface area contributed by atoms with Crippen molar-refractivity contribution in [3.63, 3.8) is 0 Å². The van der Waals surface area contributed by atoms with Crippen molar-refractivity contribution in [2.75, 3.05) is 18.4 Å². The van der Waals surface area contributed by atoms with E-state index in [1.807, 2.05) is 0 Å². The van der Waals surface area contributed by atoms with Crippen molar-refractivity contribution in [3.8, 4) is 11.8 Å². The largest absolute Gasteiger partial charge is 0.495 e. The molecule has 0 spiro atoms. The molecule has 22 heavy (non-hydrogen) atoms. The zero-order valence-electron chi connectivity index (χ0n) is 12.0. The van der Waals surface area contributed by atoms with Crippen molar-refractivity contribution in [3.05, 3.63) is 23.5 Å². The molecule has 0 radical (unpaired) electrons. The summed E-state index contributed by atoms with van der Waals surface area (Å²) in [4.78, 5) is 0. The van der Waals surface area contributed by atoms with E-state index >= 15 is 0 Å². The lowest BCUT2D eigenvalue weighted by Gasteiger charge is -2.26. The minimum absolute atomic E-state index is 0.00541. The fourth-order valence-corrected chi connectivity index (χ4v) is 4.80. The smallest absolute Gasteiger partial charge is 0.301 e. The minimum Gasteiger partial charge on any atom is -0.495 e. The Labute approximate surface area is 128 Å². The summed E-state index contributed by atoms with van der Waals surface area (Å²) >= 11 is 0. The number of rotatable bonds is 4. The molecule has 1 aromatic rings. The molecule has 1 aliphatic heterocycles. The molecular weight excluding hydrogens is 309 g/mol. The molecule has 1 aliphatic carbocycles. The molecule has 1 heterocycles. The third-order valence-electron chi connectivity index (χ3n) is 4.32. The van der Waals surface area contributed by atoms with Gasteiger partial charge >= 0.3 is 10.2 Å². The van der Waals surface area contributed by atoms with Crippen LogP contribution >= 0.6 is 0 Å². The summed E-state index contributed by atoms with van der Waals surface area (Å²) in [5.74, 6) is -0.267. The second kappa shape index (κ2) is 5.41. The minimum atomic E-state index is -3.81. The Bertz CT molecular complexity index is 744. The van der Waals surface area contributed by atoms with Gasteiger partial charge in [-0.1, -0.05) is 0 Å². The maximum Gasteiger partial charge on any atom is 0.301 e. The van der Waals surface area contributed by atoms with Gasteiger partial charge in [0.05, 0.1) is 18.4 Å². The summed E-state index contributed by atoms with van der Waals surface area (Å²) < 4.78 is 47.6. The van der Waals surface area contributed by atoms with E-state index < -0.39 is 16.0 Å². The first-order valence-electron chi connectivity index (χ1n) is 7.02. The van der Waals surface area contributed by atoms with Crippen LogP contribution in [0.4, 0.5) is 10.1 Å². The lowest BCUT2D eigenvalue weighted by molar-refractivity contribution is 0.335. The molecule has 2 fully saturated rings. The summed E-state index contributed by atoms with van der Waals surface area (Å²) in [5.41, 5.74) is -0.193. The van der Waals surface area contributed by atoms with E-state index in [0.29, 0.717) is 12.5 Å². The maximum atomic E-state index is 14.0. The van der Waals surface area contributed by atoms with Crippen LogP contribution in [-0.2, 0) is 10.2 Å². The molecule has 118 valence electrons. The highest BCUT2D eigenvalue weighted by Crippen LogP contribution is 2.39. The Balaban J connectivity index is 1.88. The normalized spacial score (nSPS) is 24.2. The highest BCUT2D eigenvalue weighted by Gasteiger charge is 2.44. The molecule has 0 amide bonds. The molecule has 2 bridgehead atoms. The molecule has 1 aromatic carbocycles. The quantitative estimate of drug-likeness (QED) is 0.916. The molecule has 2 unspecified atom stereocenters. The fraction of sp³-hybridized carbons (Fsp3) is 0.500. The Kier molecular flexibility index (Phi) is 3.70. The predicted octanol–water partition coefficient (Wildman–Crippen LogP) is 1.85. The van der Waals surface area contributed by atoms with Gasteiger partial charge in [-0.3, -0.25) is 4.72 Å². The van der Waals surface area contributed by atoms with Gasteiger partial charge in [-0.05, 0) is 31.2 Å². The third-order valence-corrected chi connectivity index (χ3v) is 5.86. The summed E-state index contributed by atoms with van der Waals surface area (Å²) in [6.07, 6.45) is 2.78. The average molecular weight is 325 g/mol. The highest BCUT2D eigenvalue weighted by atomic mass is 32.2. The van der Waals surface area contributed by atoms with Crippen molar-refractivity contribution < 1.29 is 17.5 Å². The predicted molar refractivity (Wildman–Crippen MR) is 78.0 cm³/mol. The number of anilines is 1. The van der Waals surface area contributed by atoms with Crippen LogP contribution in [0.3, 0.4) is 0 Å². The van der Waals surface area contributed by atoms with Crippen LogP contribution in [0.15, 0.2) is 12.1 Å². The lowest BCUT2D eigenvalue weighted by atomic mass is 10.1. The van der Waals surface area contributed by atoms with E-state index in [4.69, 9.17) is 10.00 Å². The topological polar surface area (TPSA) is 82.4 Å². The van der Waals surface area contributed by atoms with Gasteiger partial charge in [-0.15, -0.1) is 0 Å². The molecule has 1 saturated heterocycles. The van der Waals surface area contributed by atoms with Crippen LogP contribution in [0, 0.1) is 23.1 Å². The number of nitrogens with one attached hydrogen (secondary N) is 1. The number of methoxy groups -OCH3 is 1. The molecule has 2 aliphatic rings. The molecule has 1 saturated carbocycles. The van der Waals surface area contributed by atoms with E-state index in [0.717, 1.165) is 25.3 Å². The molecule has 2 atom stereocenters. The van der Waals surface area contributed by atoms with Crippen LogP contribution in [0.5, 0.6) is 5.75 Å². The van der Waals surface area contributed by atoms with Gasteiger partial charge < -0.3 is 4.74 Å². The molecule has 3 rings (SSSR count). The highest BCUT2D eigenvalue weighted by molar-refractivity contribution is 7.90. The molecule has 0 aromatic heterocycles. The number of fused-ring (bicyclic) bond motifs is 2. The lowest BCUT2D eigenvalue weighted by Crippen LogP contribution is -2.41. The van der Waals surface area contributed by atoms with Crippen LogP contribution in [0.2, 0.25) is 0 Å². The van der Waals surface area contributed by atoms with E-state index in [9.17, 15) is 12.8 Å². The third kappa shape index (κ3) is 2.51. The average Bonchev–Trinajstić information content (AvgIpc) is 3.11. The van der Waals surface area contributed by atoms with Gasteiger partial charge in [0.15, 0.2) is 0 Å².